The molecule has 11 heavy (non-hydrogen) atoms. The molecule has 0 heterocycles. The first-order chi connectivity index (χ1) is 4.45. The third-order valence-corrected chi connectivity index (χ3v) is 1.10. The Balaban J connectivity index is 0. The number of hydrogen-bond acceptors (Lipinski definition) is 6. The first-order valence-corrected chi connectivity index (χ1v) is 3.87. The van der Waals surface area contributed by atoms with E-state index in [0.717, 1.165) is 0 Å². The van der Waals surface area contributed by atoms with Crippen LogP contribution in [0.4, 0.5) is 0 Å². The van der Waals surface area contributed by atoms with Crippen LogP contribution in [-0.4, -0.2) is 39.7 Å². The van der Waals surface area contributed by atoms with Crippen LogP contribution >= 0.6 is 7.82 Å². The third-order valence-electron chi connectivity index (χ3n) is 0.636. The molecule has 0 rings (SSSR count). The molecule has 6 nitrogen and oxygen atoms in total. The van der Waals surface area contributed by atoms with Crippen LogP contribution in [0.15, 0.2) is 0 Å². The molecule has 0 fully saturated rings. The molecule has 62 valence electrons. The Hall–Kier alpha value is 0.199. The van der Waals surface area contributed by atoms with E-state index in [2.05, 4.69) is 4.52 Å². The van der Waals surface area contributed by atoms with E-state index in [0.29, 0.717) is 0 Å². The Labute approximate surface area is 67.3 Å². The fourth-order valence-corrected chi connectivity index (χ4v) is 0.585. The van der Waals surface area contributed by atoms with Gasteiger partial charge in [0.05, 0.1) is 21.0 Å². The predicted molar refractivity (Wildman–Crippen MR) is 32.4 cm³/mol. The molecule has 0 spiro atoms. The van der Waals surface area contributed by atoms with Gasteiger partial charge in [0.2, 0.25) is 0 Å². The van der Waals surface area contributed by atoms with E-state index in [1.165, 1.54) is 0 Å². The van der Waals surface area contributed by atoms with Crippen molar-refractivity contribution in [2.45, 2.75) is 6.10 Å². The normalized spacial score (nSPS) is 13.8. The van der Waals surface area contributed by atoms with Crippen LogP contribution < -0.4 is 9.79 Å². The van der Waals surface area contributed by atoms with E-state index >= 15 is 0 Å². The van der Waals surface area contributed by atoms with Crippen LogP contribution in [0, 0.1) is 0 Å². The van der Waals surface area contributed by atoms with Gasteiger partial charge in [-0.15, -0.1) is 0 Å². The van der Waals surface area contributed by atoms with Crippen molar-refractivity contribution in [3.63, 3.8) is 0 Å². The number of aliphatic hydroxyl groups is 2. The van der Waals surface area contributed by atoms with Crippen molar-refractivity contribution in [3.8, 4) is 0 Å². The Morgan fingerprint density at radius 3 is 2.27 bits per heavy atom. The van der Waals surface area contributed by atoms with Crippen molar-refractivity contribution >= 4 is 17.9 Å². The third kappa shape index (κ3) is 10.2. The van der Waals surface area contributed by atoms with Gasteiger partial charge in [-0.3, -0.25) is 0 Å². The number of rotatable bonds is 4. The Kier molecular flexibility index (Phi) is 7.26. The smallest absolute Gasteiger partial charge is 0.790 e. The Bertz CT molecular complexity index is 134. The van der Waals surface area contributed by atoms with Gasteiger partial charge in [0, 0.05) is 0 Å². The topological polar surface area (TPSA) is 113 Å². The van der Waals surface area contributed by atoms with E-state index in [9.17, 15) is 14.4 Å². The standard InChI is InChI=1S/C3H9O6P.Be/c4-1-3(5)2-9-10(6,7)8;/h3-5H,1-2H2,(H2,6,7,8);/q;+2/p-2. The van der Waals surface area contributed by atoms with Gasteiger partial charge in [-0.25, -0.2) is 0 Å². The minimum atomic E-state index is -5.00. The van der Waals surface area contributed by atoms with Crippen LogP contribution in [0.25, 0.3) is 0 Å². The van der Waals surface area contributed by atoms with Crippen LogP contribution in [0.3, 0.4) is 0 Å². The van der Waals surface area contributed by atoms with E-state index in [1.54, 1.807) is 0 Å². The van der Waals surface area contributed by atoms with Gasteiger partial charge in [0.15, 0.2) is 0 Å². The fourth-order valence-electron chi connectivity index (χ4n) is 0.230. The minimum Gasteiger partial charge on any atom is -0.790 e. The first kappa shape index (κ1) is 13.8. The molecule has 0 amide bonds. The van der Waals surface area contributed by atoms with Gasteiger partial charge in [-0.2, -0.15) is 0 Å². The monoisotopic (exact) mass is 179 g/mol. The quantitative estimate of drug-likeness (QED) is 0.347. The van der Waals surface area contributed by atoms with Crippen molar-refractivity contribution in [1.29, 1.82) is 0 Å². The second-order valence-electron chi connectivity index (χ2n) is 1.58. The van der Waals surface area contributed by atoms with Crippen molar-refractivity contribution < 1.29 is 29.1 Å². The fraction of sp³-hybridized carbons (Fsp3) is 1.00. The SMILES string of the molecule is O=P([O-])([O-])OCC(O)CO.[Be+2]. The maximum atomic E-state index is 9.71. The Morgan fingerprint density at radius 2 is 2.00 bits per heavy atom. The molecule has 0 saturated carbocycles. The summed E-state index contributed by atoms with van der Waals surface area (Å²) in [6, 6.07) is 0. The largest absolute Gasteiger partial charge is 2.00 e. The van der Waals surface area contributed by atoms with E-state index in [-0.39, 0.29) is 10.1 Å². The zero-order chi connectivity index (χ0) is 8.20. The van der Waals surface area contributed by atoms with Gasteiger partial charge in [-0.1, -0.05) is 0 Å². The molecular formula is C3H7BeO6P. The second kappa shape index (κ2) is 5.80. The molecule has 0 aliphatic heterocycles. The molecule has 1 atom stereocenters. The van der Waals surface area contributed by atoms with Crippen molar-refractivity contribution in [1.82, 2.24) is 0 Å². The average molecular weight is 179 g/mol. The maximum absolute atomic E-state index is 9.71. The molecule has 0 bridgehead atoms. The van der Waals surface area contributed by atoms with Crippen LogP contribution in [0.2, 0.25) is 0 Å². The molecule has 0 aromatic rings. The number of hydrogen-bond donors (Lipinski definition) is 2. The molecule has 0 aromatic carbocycles. The molecule has 0 aromatic heterocycles. The second-order valence-corrected chi connectivity index (χ2v) is 2.73. The number of phosphoric ester groups is 1. The predicted octanol–water partition coefficient (Wildman–Crippen LogP) is -3.20. The van der Waals surface area contributed by atoms with Crippen LogP contribution in [-0.2, 0) is 9.09 Å². The van der Waals surface area contributed by atoms with Crippen molar-refractivity contribution in [3.05, 3.63) is 0 Å². The zero-order valence-electron chi connectivity index (χ0n) is 5.67. The van der Waals surface area contributed by atoms with Crippen molar-refractivity contribution in [2.24, 2.45) is 0 Å². The summed E-state index contributed by atoms with van der Waals surface area (Å²) in [4.78, 5) is 19.4. The molecule has 0 radical (unpaired) electrons. The van der Waals surface area contributed by atoms with Crippen molar-refractivity contribution in [2.75, 3.05) is 13.2 Å². The number of phosphoric acid groups is 1. The summed E-state index contributed by atoms with van der Waals surface area (Å²) in [6.07, 6.45) is -1.32. The molecular weight excluding hydrogens is 172 g/mol. The average Bonchev–Trinajstić information content (AvgIpc) is 1.81. The first-order valence-electron chi connectivity index (χ1n) is 2.41. The van der Waals surface area contributed by atoms with Crippen LogP contribution in [0.1, 0.15) is 0 Å². The summed E-state index contributed by atoms with van der Waals surface area (Å²) >= 11 is 0. The maximum Gasteiger partial charge on any atom is 2.00 e. The summed E-state index contributed by atoms with van der Waals surface area (Å²) in [5.74, 6) is 0. The summed E-state index contributed by atoms with van der Waals surface area (Å²) in [5.41, 5.74) is 0. The molecule has 1 unspecified atom stereocenters. The van der Waals surface area contributed by atoms with Gasteiger partial charge < -0.3 is 29.1 Å². The summed E-state index contributed by atoms with van der Waals surface area (Å²) in [7, 11) is -5.00. The van der Waals surface area contributed by atoms with Crippen LogP contribution in [0.5, 0.6) is 0 Å². The van der Waals surface area contributed by atoms with Gasteiger partial charge in [0.1, 0.15) is 6.10 Å². The van der Waals surface area contributed by atoms with E-state index in [1.807, 2.05) is 0 Å². The Morgan fingerprint density at radius 1 is 1.55 bits per heavy atom. The molecule has 0 aliphatic carbocycles. The van der Waals surface area contributed by atoms with E-state index in [4.69, 9.17) is 10.2 Å². The molecule has 0 aliphatic rings. The molecule has 2 N–H and O–H groups in total. The summed E-state index contributed by atoms with van der Waals surface area (Å²) < 4.78 is 13.3. The van der Waals surface area contributed by atoms with E-state index < -0.39 is 27.1 Å². The molecule has 8 heteroatoms. The molecule has 0 saturated heterocycles. The zero-order valence-corrected chi connectivity index (χ0v) is 6.57. The van der Waals surface area contributed by atoms with Gasteiger partial charge in [-0.05, 0) is 0 Å². The summed E-state index contributed by atoms with van der Waals surface area (Å²) in [6.45, 7) is -1.33. The number of aliphatic hydroxyl groups excluding tert-OH is 2. The summed E-state index contributed by atoms with van der Waals surface area (Å²) in [5, 5.41) is 16.6. The van der Waals surface area contributed by atoms with Gasteiger partial charge in [0.25, 0.3) is 0 Å². The van der Waals surface area contributed by atoms with Gasteiger partial charge >= 0.3 is 10.1 Å². The minimum absolute atomic E-state index is 0.